The van der Waals surface area contributed by atoms with Crippen LogP contribution in [-0.2, 0) is 20.8 Å². The second-order valence-corrected chi connectivity index (χ2v) is 9.77. The molecule has 1 heterocycles. The Morgan fingerprint density at radius 3 is 2.26 bits per heavy atom. The predicted molar refractivity (Wildman–Crippen MR) is 128 cm³/mol. The summed E-state index contributed by atoms with van der Waals surface area (Å²) in [5.74, 6) is -2.03. The smallest absolute Gasteiger partial charge is 0.290 e. The fraction of sp³-hybridized carbons (Fsp3) is 0.423. The van der Waals surface area contributed by atoms with Gasteiger partial charge in [0.05, 0.1) is 5.56 Å². The Morgan fingerprint density at radius 1 is 0.971 bits per heavy atom. The van der Waals surface area contributed by atoms with Gasteiger partial charge in [0.1, 0.15) is 12.1 Å². The van der Waals surface area contributed by atoms with E-state index in [9.17, 15) is 19.2 Å². The number of ketones is 1. The molecule has 1 saturated carbocycles. The van der Waals surface area contributed by atoms with Crippen molar-refractivity contribution < 1.29 is 19.2 Å². The highest BCUT2D eigenvalue weighted by Gasteiger charge is 2.34. The minimum atomic E-state index is -1.06. The van der Waals surface area contributed by atoms with E-state index in [0.717, 1.165) is 18.4 Å². The number of hydrogen-bond acceptors (Lipinski definition) is 5. The average Bonchev–Trinajstić information content (AvgIpc) is 3.62. The summed E-state index contributed by atoms with van der Waals surface area (Å²) in [6, 6.07) is 10.6. The SMILES string of the molecule is CC(C)(C)NC(=O)C(=O)C(Cc1ccccc1)NC(=O)C(CC1CC1)NC(=O)c1cccnc1. The molecule has 180 valence electrons. The molecule has 1 aromatic carbocycles. The lowest BCUT2D eigenvalue weighted by Crippen LogP contribution is -2.56. The second kappa shape index (κ2) is 11.0. The fourth-order valence-corrected chi connectivity index (χ4v) is 3.55. The van der Waals surface area contributed by atoms with Crippen molar-refractivity contribution in [2.75, 3.05) is 0 Å². The van der Waals surface area contributed by atoms with Crippen molar-refractivity contribution in [3.8, 4) is 0 Å². The van der Waals surface area contributed by atoms with Gasteiger partial charge in [0, 0.05) is 24.4 Å². The van der Waals surface area contributed by atoms with Crippen LogP contribution in [0.15, 0.2) is 54.9 Å². The van der Waals surface area contributed by atoms with E-state index in [1.54, 1.807) is 39.1 Å². The first-order valence-electron chi connectivity index (χ1n) is 11.5. The largest absolute Gasteiger partial charge is 0.345 e. The van der Waals surface area contributed by atoms with Crippen molar-refractivity contribution in [1.82, 2.24) is 20.9 Å². The third-order valence-corrected chi connectivity index (χ3v) is 5.44. The Hall–Kier alpha value is -3.55. The minimum absolute atomic E-state index is 0.162. The number of benzene rings is 1. The monoisotopic (exact) mass is 464 g/mol. The van der Waals surface area contributed by atoms with Gasteiger partial charge >= 0.3 is 0 Å². The van der Waals surface area contributed by atoms with Crippen molar-refractivity contribution in [2.45, 2.75) is 64.1 Å². The van der Waals surface area contributed by atoms with Gasteiger partial charge in [-0.1, -0.05) is 43.2 Å². The lowest BCUT2D eigenvalue weighted by Gasteiger charge is -2.25. The fourth-order valence-electron chi connectivity index (χ4n) is 3.55. The third-order valence-electron chi connectivity index (χ3n) is 5.44. The molecule has 0 radical (unpaired) electrons. The van der Waals surface area contributed by atoms with Gasteiger partial charge in [0.2, 0.25) is 11.7 Å². The molecule has 2 atom stereocenters. The van der Waals surface area contributed by atoms with Crippen molar-refractivity contribution in [3.63, 3.8) is 0 Å². The first-order valence-corrected chi connectivity index (χ1v) is 11.5. The Bertz CT molecular complexity index is 1010. The summed E-state index contributed by atoms with van der Waals surface area (Å²) in [5, 5.41) is 8.19. The molecule has 2 aromatic rings. The molecule has 8 heteroatoms. The van der Waals surface area contributed by atoms with Crippen LogP contribution in [0, 0.1) is 5.92 Å². The molecule has 1 aliphatic carbocycles. The molecule has 8 nitrogen and oxygen atoms in total. The zero-order chi connectivity index (χ0) is 24.7. The van der Waals surface area contributed by atoms with Gasteiger partial charge < -0.3 is 16.0 Å². The van der Waals surface area contributed by atoms with E-state index < -0.39 is 41.1 Å². The first-order chi connectivity index (χ1) is 16.1. The van der Waals surface area contributed by atoms with Crippen LogP contribution in [0.2, 0.25) is 0 Å². The van der Waals surface area contributed by atoms with E-state index in [0.29, 0.717) is 17.9 Å². The molecule has 3 rings (SSSR count). The van der Waals surface area contributed by atoms with Gasteiger partial charge in [-0.15, -0.1) is 0 Å². The van der Waals surface area contributed by atoms with Crippen LogP contribution >= 0.6 is 0 Å². The zero-order valence-corrected chi connectivity index (χ0v) is 19.8. The van der Waals surface area contributed by atoms with Gasteiger partial charge in [0.15, 0.2) is 0 Å². The number of pyridine rings is 1. The topological polar surface area (TPSA) is 117 Å². The van der Waals surface area contributed by atoms with E-state index in [1.807, 2.05) is 30.3 Å². The molecule has 2 unspecified atom stereocenters. The molecule has 1 fully saturated rings. The van der Waals surface area contributed by atoms with Crippen LogP contribution in [0.25, 0.3) is 0 Å². The molecular formula is C26H32N4O4. The van der Waals surface area contributed by atoms with Gasteiger partial charge in [-0.3, -0.25) is 24.2 Å². The quantitative estimate of drug-likeness (QED) is 0.466. The summed E-state index contributed by atoms with van der Waals surface area (Å²) in [6.07, 6.45) is 5.61. The zero-order valence-electron chi connectivity index (χ0n) is 19.8. The lowest BCUT2D eigenvalue weighted by atomic mass is 9.99. The number of nitrogens with zero attached hydrogens (tertiary/aromatic N) is 1. The summed E-state index contributed by atoms with van der Waals surface area (Å²) >= 11 is 0. The highest BCUT2D eigenvalue weighted by molar-refractivity contribution is 6.38. The standard InChI is InChI=1S/C26H32N4O4/c1-26(2,3)30-25(34)22(31)20(14-17-8-5-4-6-9-17)28-24(33)21(15-18-11-12-18)29-23(32)19-10-7-13-27-16-19/h4-10,13,16,18,20-21H,11-12,14-15H2,1-3H3,(H,28,33)(H,29,32)(H,30,34). The molecule has 0 saturated heterocycles. The number of nitrogens with one attached hydrogen (secondary N) is 3. The number of amides is 3. The van der Waals surface area contributed by atoms with Crippen LogP contribution in [0.3, 0.4) is 0 Å². The Labute approximate surface area is 199 Å². The molecule has 3 amide bonds. The van der Waals surface area contributed by atoms with Crippen molar-refractivity contribution in [2.24, 2.45) is 5.92 Å². The highest BCUT2D eigenvalue weighted by atomic mass is 16.2. The molecule has 1 aliphatic rings. The summed E-state index contributed by atoms with van der Waals surface area (Å²) in [4.78, 5) is 55.5. The number of hydrogen-bond donors (Lipinski definition) is 3. The molecule has 1 aromatic heterocycles. The summed E-state index contributed by atoms with van der Waals surface area (Å²) in [7, 11) is 0. The maximum Gasteiger partial charge on any atom is 0.290 e. The Morgan fingerprint density at radius 2 is 1.68 bits per heavy atom. The highest BCUT2D eigenvalue weighted by Crippen LogP contribution is 2.33. The Balaban J connectivity index is 1.76. The third kappa shape index (κ3) is 7.79. The molecule has 0 bridgehead atoms. The number of aromatic nitrogens is 1. The number of rotatable bonds is 10. The van der Waals surface area contributed by atoms with Crippen LogP contribution < -0.4 is 16.0 Å². The van der Waals surface area contributed by atoms with Crippen molar-refractivity contribution in [1.29, 1.82) is 0 Å². The maximum atomic E-state index is 13.3. The van der Waals surface area contributed by atoms with Gasteiger partial charge in [-0.2, -0.15) is 0 Å². The number of carbonyl (C=O) groups is 4. The van der Waals surface area contributed by atoms with E-state index in [4.69, 9.17) is 0 Å². The molecule has 0 aliphatic heterocycles. The predicted octanol–water partition coefficient (Wildman–Crippen LogP) is 2.19. The van der Waals surface area contributed by atoms with Gasteiger partial charge in [-0.25, -0.2) is 0 Å². The summed E-state index contributed by atoms with van der Waals surface area (Å²) in [6.45, 7) is 5.34. The maximum absolute atomic E-state index is 13.3. The minimum Gasteiger partial charge on any atom is -0.345 e. The van der Waals surface area contributed by atoms with Gasteiger partial charge in [0.25, 0.3) is 11.8 Å². The van der Waals surface area contributed by atoms with Crippen molar-refractivity contribution in [3.05, 3.63) is 66.0 Å². The number of Topliss-reactive ketones (excluding diaryl/α,β-unsaturated/α-hetero) is 1. The second-order valence-electron chi connectivity index (χ2n) is 9.77. The average molecular weight is 465 g/mol. The lowest BCUT2D eigenvalue weighted by molar-refractivity contribution is -0.141. The normalized spacial score (nSPS) is 15.0. The Kier molecular flexibility index (Phi) is 8.15. The van der Waals surface area contributed by atoms with Crippen LogP contribution in [0.5, 0.6) is 0 Å². The van der Waals surface area contributed by atoms with E-state index in [1.165, 1.54) is 6.20 Å². The van der Waals surface area contributed by atoms with E-state index in [2.05, 4.69) is 20.9 Å². The van der Waals surface area contributed by atoms with Crippen LogP contribution in [0.1, 0.15) is 56.0 Å². The molecule has 34 heavy (non-hydrogen) atoms. The molecule has 3 N–H and O–H groups in total. The van der Waals surface area contributed by atoms with E-state index >= 15 is 0 Å². The number of carbonyl (C=O) groups excluding carboxylic acids is 4. The summed E-state index contributed by atoms with van der Waals surface area (Å²) < 4.78 is 0. The molecule has 0 spiro atoms. The van der Waals surface area contributed by atoms with Crippen molar-refractivity contribution >= 4 is 23.5 Å². The van der Waals surface area contributed by atoms with Gasteiger partial charge in [-0.05, 0) is 50.8 Å². The summed E-state index contributed by atoms with van der Waals surface area (Å²) in [5.41, 5.74) is 0.556. The molecular weight excluding hydrogens is 432 g/mol. The van der Waals surface area contributed by atoms with Crippen LogP contribution in [0.4, 0.5) is 0 Å². The first kappa shape index (κ1) is 25.1. The van der Waals surface area contributed by atoms with Crippen LogP contribution in [-0.4, -0.2) is 46.1 Å². The van der Waals surface area contributed by atoms with E-state index in [-0.39, 0.29) is 6.42 Å².